The number of aromatic nitrogens is 2. The van der Waals surface area contributed by atoms with Crippen LogP contribution in [0, 0.1) is 31.6 Å². The molecule has 0 unspecified atom stereocenters. The first-order valence-electron chi connectivity index (χ1n) is 9.95. The molecule has 4 heteroatoms. The van der Waals surface area contributed by atoms with E-state index in [1.807, 2.05) is 30.3 Å². The van der Waals surface area contributed by atoms with Gasteiger partial charge >= 0.3 is 0 Å². The summed E-state index contributed by atoms with van der Waals surface area (Å²) in [5, 5.41) is 11.6. The maximum absolute atomic E-state index is 10.5. The van der Waals surface area contributed by atoms with Crippen LogP contribution in [0.25, 0.3) is 0 Å². The van der Waals surface area contributed by atoms with Crippen molar-refractivity contribution < 1.29 is 5.11 Å². The monoisotopic (exact) mass is 370 g/mol. The zero-order chi connectivity index (χ0) is 18.3. The Morgan fingerprint density at radius 2 is 1.96 bits per heavy atom. The number of rotatable bonds is 6. The van der Waals surface area contributed by atoms with E-state index in [0.717, 1.165) is 34.2 Å². The number of imidazole rings is 1. The smallest absolute Gasteiger partial charge is 0.168 e. The Morgan fingerprint density at radius 1 is 1.19 bits per heavy atom. The molecule has 0 saturated heterocycles. The van der Waals surface area contributed by atoms with Crippen molar-refractivity contribution in [3.05, 3.63) is 47.3 Å². The van der Waals surface area contributed by atoms with E-state index in [2.05, 4.69) is 25.3 Å². The van der Waals surface area contributed by atoms with Gasteiger partial charge in [0.2, 0.25) is 0 Å². The fourth-order valence-corrected chi connectivity index (χ4v) is 6.32. The number of nitrogens with zero attached hydrogens (tertiary/aromatic N) is 2. The van der Waals surface area contributed by atoms with Crippen LogP contribution in [0.1, 0.15) is 61.7 Å². The van der Waals surface area contributed by atoms with Gasteiger partial charge < -0.3 is 9.67 Å². The zero-order valence-electron chi connectivity index (χ0n) is 16.1. The summed E-state index contributed by atoms with van der Waals surface area (Å²) in [5.74, 6) is 3.31. The van der Waals surface area contributed by atoms with Gasteiger partial charge in [-0.1, -0.05) is 48.5 Å². The Hall–Kier alpha value is -1.26. The second-order valence-corrected chi connectivity index (χ2v) is 9.24. The number of benzene rings is 1. The second kappa shape index (κ2) is 7.40. The zero-order valence-corrected chi connectivity index (χ0v) is 16.9. The molecule has 4 rings (SSSR count). The molecule has 2 aliphatic carbocycles. The fraction of sp³-hybridized carbons (Fsp3) is 0.591. The first kappa shape index (κ1) is 18.1. The Morgan fingerprint density at radius 3 is 2.62 bits per heavy atom. The van der Waals surface area contributed by atoms with Crippen molar-refractivity contribution in [1.82, 2.24) is 9.55 Å². The van der Waals surface area contributed by atoms with Crippen molar-refractivity contribution in [3.8, 4) is 0 Å². The summed E-state index contributed by atoms with van der Waals surface area (Å²) in [5.41, 5.74) is 3.39. The molecule has 2 fully saturated rings. The van der Waals surface area contributed by atoms with Gasteiger partial charge in [0.25, 0.3) is 0 Å². The molecule has 140 valence electrons. The van der Waals surface area contributed by atoms with Crippen LogP contribution in [-0.2, 0) is 0 Å². The fourth-order valence-electron chi connectivity index (χ4n) is 5.18. The molecule has 0 aliphatic heterocycles. The molecule has 1 aromatic heterocycles. The minimum absolute atomic E-state index is 0.454. The molecular formula is C22H30N2OS. The van der Waals surface area contributed by atoms with Crippen molar-refractivity contribution in [1.29, 1.82) is 0 Å². The lowest BCUT2D eigenvalue weighted by Gasteiger charge is -2.30. The lowest BCUT2D eigenvalue weighted by Crippen LogP contribution is -2.23. The number of aliphatic hydroxyl groups excluding tert-OH is 1. The van der Waals surface area contributed by atoms with E-state index in [1.165, 1.54) is 31.4 Å². The van der Waals surface area contributed by atoms with Crippen LogP contribution in [-0.4, -0.2) is 20.4 Å². The van der Waals surface area contributed by atoms with Gasteiger partial charge in [0.15, 0.2) is 5.16 Å². The van der Waals surface area contributed by atoms with Crippen LogP contribution >= 0.6 is 11.8 Å². The topological polar surface area (TPSA) is 38.1 Å². The molecule has 2 bridgehead atoms. The molecule has 0 radical (unpaired) electrons. The Bertz CT molecular complexity index is 757. The van der Waals surface area contributed by atoms with E-state index in [0.29, 0.717) is 11.8 Å². The molecule has 2 aliphatic rings. The molecule has 1 aromatic carbocycles. The number of aryl methyl sites for hydroxylation is 1. The number of hydrogen-bond acceptors (Lipinski definition) is 3. The van der Waals surface area contributed by atoms with Gasteiger partial charge in [-0.3, -0.25) is 0 Å². The van der Waals surface area contributed by atoms with Crippen molar-refractivity contribution in [2.24, 2.45) is 17.8 Å². The molecule has 3 nitrogen and oxygen atoms in total. The molecule has 1 N–H and O–H groups in total. The van der Waals surface area contributed by atoms with E-state index < -0.39 is 6.10 Å². The van der Waals surface area contributed by atoms with E-state index in [9.17, 15) is 5.11 Å². The number of hydrogen-bond donors (Lipinski definition) is 1. The molecule has 0 amide bonds. The summed E-state index contributed by atoms with van der Waals surface area (Å²) in [4.78, 5) is 4.85. The highest BCUT2D eigenvalue weighted by Crippen LogP contribution is 2.52. The average Bonchev–Trinajstić information content (AvgIpc) is 3.35. The third-order valence-corrected chi connectivity index (χ3v) is 7.76. The van der Waals surface area contributed by atoms with E-state index >= 15 is 0 Å². The van der Waals surface area contributed by atoms with Crippen LogP contribution < -0.4 is 0 Å². The molecule has 5 atom stereocenters. The largest absolute Gasteiger partial charge is 0.388 e. The standard InChI is InChI=1S/C22H30N2OS/c1-14-15(2)24(16(3)20-12-17-9-10-19(20)11-17)22(23-14)26-13-21(25)18-7-5-4-6-8-18/h4-8,16-17,19-21,25H,9-13H2,1-3H3/t16-,17+,19+,20+,21+/m1/s1. The Kier molecular flexibility index (Phi) is 5.15. The van der Waals surface area contributed by atoms with Gasteiger partial charge in [-0.15, -0.1) is 0 Å². The summed E-state index contributed by atoms with van der Waals surface area (Å²) in [6.07, 6.45) is 5.24. The first-order valence-corrected chi connectivity index (χ1v) is 10.9. The summed E-state index contributed by atoms with van der Waals surface area (Å²) in [7, 11) is 0. The normalized spacial score (nSPS) is 27.0. The van der Waals surface area contributed by atoms with Crippen molar-refractivity contribution in [3.63, 3.8) is 0 Å². The molecule has 1 heterocycles. The third kappa shape index (κ3) is 3.34. The van der Waals surface area contributed by atoms with Gasteiger partial charge in [0, 0.05) is 17.5 Å². The van der Waals surface area contributed by atoms with E-state index in [1.54, 1.807) is 11.8 Å². The van der Waals surface area contributed by atoms with Crippen molar-refractivity contribution in [2.45, 2.75) is 63.8 Å². The maximum Gasteiger partial charge on any atom is 0.168 e. The van der Waals surface area contributed by atoms with Gasteiger partial charge in [0.05, 0.1) is 11.8 Å². The Labute approximate surface area is 161 Å². The summed E-state index contributed by atoms with van der Waals surface area (Å²) >= 11 is 1.69. The summed E-state index contributed by atoms with van der Waals surface area (Å²) in [6, 6.07) is 10.4. The lowest BCUT2D eigenvalue weighted by atomic mass is 9.84. The van der Waals surface area contributed by atoms with E-state index in [-0.39, 0.29) is 0 Å². The number of thioether (sulfide) groups is 1. The molecule has 0 spiro atoms. The minimum atomic E-state index is -0.454. The number of fused-ring (bicyclic) bond motifs is 2. The lowest BCUT2D eigenvalue weighted by molar-refractivity contribution is 0.203. The van der Waals surface area contributed by atoms with Gasteiger partial charge in [-0.2, -0.15) is 0 Å². The second-order valence-electron chi connectivity index (χ2n) is 8.25. The third-order valence-electron chi connectivity index (χ3n) is 6.73. The van der Waals surface area contributed by atoms with Crippen LogP contribution in [0.2, 0.25) is 0 Å². The van der Waals surface area contributed by atoms with Crippen LogP contribution in [0.3, 0.4) is 0 Å². The van der Waals surface area contributed by atoms with Crippen LogP contribution in [0.15, 0.2) is 35.5 Å². The molecule has 2 aromatic rings. The maximum atomic E-state index is 10.5. The molecule has 2 saturated carbocycles. The number of aliphatic hydroxyl groups is 1. The predicted octanol–water partition coefficient (Wildman–Crippen LogP) is 5.32. The Balaban J connectivity index is 1.51. The van der Waals surface area contributed by atoms with Gasteiger partial charge in [0.1, 0.15) is 0 Å². The van der Waals surface area contributed by atoms with Gasteiger partial charge in [-0.05, 0) is 63.4 Å². The quantitative estimate of drug-likeness (QED) is 0.699. The minimum Gasteiger partial charge on any atom is -0.388 e. The van der Waals surface area contributed by atoms with Crippen molar-refractivity contribution in [2.75, 3.05) is 5.75 Å². The average molecular weight is 371 g/mol. The highest BCUT2D eigenvalue weighted by molar-refractivity contribution is 7.99. The summed E-state index contributed by atoms with van der Waals surface area (Å²) in [6.45, 7) is 6.69. The molecule has 26 heavy (non-hydrogen) atoms. The van der Waals surface area contributed by atoms with Crippen LogP contribution in [0.5, 0.6) is 0 Å². The molecular weight excluding hydrogens is 340 g/mol. The predicted molar refractivity (Wildman–Crippen MR) is 107 cm³/mol. The SMILES string of the molecule is Cc1nc(SC[C@H](O)c2ccccc2)n([C@H](C)[C@@H]2C[C@H]3CC[C@H]2C3)c1C. The van der Waals surface area contributed by atoms with Crippen LogP contribution in [0.4, 0.5) is 0 Å². The summed E-state index contributed by atoms with van der Waals surface area (Å²) < 4.78 is 2.46. The first-order chi connectivity index (χ1) is 12.5. The highest BCUT2D eigenvalue weighted by atomic mass is 32.2. The van der Waals surface area contributed by atoms with Gasteiger partial charge in [-0.25, -0.2) is 4.98 Å². The van der Waals surface area contributed by atoms with Crippen molar-refractivity contribution >= 4 is 11.8 Å². The van der Waals surface area contributed by atoms with E-state index in [4.69, 9.17) is 4.98 Å². The highest BCUT2D eigenvalue weighted by Gasteiger charge is 2.43.